The number of fused-ring (bicyclic) bond motifs is 1. The van der Waals surface area contributed by atoms with Crippen LogP contribution in [-0.2, 0) is 12.8 Å². The van der Waals surface area contributed by atoms with E-state index in [4.69, 9.17) is 16.0 Å². The van der Waals surface area contributed by atoms with E-state index in [-0.39, 0.29) is 5.69 Å². The highest BCUT2D eigenvalue weighted by molar-refractivity contribution is 7.98. The largest absolute Gasteiger partial charge is 0.420 e. The number of nitrogens with zero attached hydrogens (tertiary/aromatic N) is 5. The van der Waals surface area contributed by atoms with Gasteiger partial charge in [0.2, 0.25) is 11.8 Å². The Hall–Kier alpha value is -2.91. The van der Waals surface area contributed by atoms with Crippen LogP contribution in [0.15, 0.2) is 52.0 Å². The number of hydrogen-bond donors (Lipinski definition) is 0. The molecule has 0 aliphatic rings. The van der Waals surface area contributed by atoms with Crippen LogP contribution in [0, 0.1) is 10.1 Å². The van der Waals surface area contributed by atoms with Gasteiger partial charge in [-0.3, -0.25) is 10.1 Å². The van der Waals surface area contributed by atoms with Gasteiger partial charge < -0.3 is 8.98 Å². The number of hydrogen-bond acceptors (Lipinski definition) is 7. The molecule has 0 saturated heterocycles. The fourth-order valence-corrected chi connectivity index (χ4v) is 3.55. The summed E-state index contributed by atoms with van der Waals surface area (Å²) in [6.45, 7) is 0. The second-order valence-corrected chi connectivity index (χ2v) is 7.06. The van der Waals surface area contributed by atoms with Crippen molar-refractivity contribution in [3.05, 3.63) is 63.5 Å². The van der Waals surface area contributed by atoms with Gasteiger partial charge in [0.1, 0.15) is 0 Å². The number of aryl methyl sites for hydroxylation is 1. The zero-order chi connectivity index (χ0) is 19.0. The van der Waals surface area contributed by atoms with Gasteiger partial charge in [-0.2, -0.15) is 0 Å². The SMILES string of the molecule is Cn1c(SCc2nnc(-c3ccc([N+](=O)[O-])cc3)o2)nc2cc(Cl)ccc21. The highest BCUT2D eigenvalue weighted by Gasteiger charge is 2.14. The third-order valence-electron chi connectivity index (χ3n) is 3.92. The van der Waals surface area contributed by atoms with Gasteiger partial charge in [0.05, 0.1) is 21.7 Å². The van der Waals surface area contributed by atoms with Gasteiger partial charge in [0, 0.05) is 29.8 Å². The molecule has 0 fully saturated rings. The number of rotatable bonds is 5. The second kappa shape index (κ2) is 7.01. The molecule has 2 aromatic carbocycles. The molecule has 0 atom stereocenters. The monoisotopic (exact) mass is 401 g/mol. The van der Waals surface area contributed by atoms with Crippen molar-refractivity contribution in [2.75, 3.05) is 0 Å². The maximum Gasteiger partial charge on any atom is 0.269 e. The lowest BCUT2D eigenvalue weighted by atomic mass is 10.2. The second-order valence-electron chi connectivity index (χ2n) is 5.68. The van der Waals surface area contributed by atoms with Crippen molar-refractivity contribution < 1.29 is 9.34 Å². The summed E-state index contributed by atoms with van der Waals surface area (Å²) < 4.78 is 7.63. The predicted molar refractivity (Wildman–Crippen MR) is 102 cm³/mol. The van der Waals surface area contributed by atoms with Gasteiger partial charge in [-0.1, -0.05) is 23.4 Å². The van der Waals surface area contributed by atoms with E-state index in [1.54, 1.807) is 12.1 Å². The Kier molecular flexibility index (Phi) is 4.54. The average Bonchev–Trinajstić information content (AvgIpc) is 3.25. The maximum absolute atomic E-state index is 10.7. The van der Waals surface area contributed by atoms with Crippen LogP contribution >= 0.6 is 23.4 Å². The zero-order valence-electron chi connectivity index (χ0n) is 14.0. The van der Waals surface area contributed by atoms with Crippen molar-refractivity contribution in [1.29, 1.82) is 0 Å². The minimum atomic E-state index is -0.455. The van der Waals surface area contributed by atoms with Crippen LogP contribution in [-0.4, -0.2) is 24.7 Å². The molecule has 4 rings (SSSR count). The van der Waals surface area contributed by atoms with E-state index in [2.05, 4.69) is 15.2 Å². The van der Waals surface area contributed by atoms with E-state index in [0.717, 1.165) is 16.2 Å². The van der Waals surface area contributed by atoms with E-state index < -0.39 is 4.92 Å². The standard InChI is InChI=1S/C17H12ClN5O3S/c1-22-14-7-4-11(18)8-13(14)19-17(22)27-9-15-20-21-16(26-15)10-2-5-12(6-3-10)23(24)25/h2-8H,9H2,1H3. The molecule has 4 aromatic rings. The first-order valence-corrected chi connectivity index (χ1v) is 9.19. The fraction of sp³-hybridized carbons (Fsp3) is 0.118. The molecule has 0 spiro atoms. The number of nitro groups is 1. The third-order valence-corrected chi connectivity index (χ3v) is 5.17. The lowest BCUT2D eigenvalue weighted by Crippen LogP contribution is -1.91. The van der Waals surface area contributed by atoms with Crippen LogP contribution in [0.5, 0.6) is 0 Å². The number of benzene rings is 2. The predicted octanol–water partition coefficient (Wildman–Crippen LogP) is 4.48. The Morgan fingerprint density at radius 2 is 2.00 bits per heavy atom. The van der Waals surface area contributed by atoms with Crippen LogP contribution in [0.3, 0.4) is 0 Å². The van der Waals surface area contributed by atoms with Crippen molar-refractivity contribution in [2.45, 2.75) is 10.9 Å². The molecule has 0 aliphatic carbocycles. The molecule has 10 heteroatoms. The number of aromatic nitrogens is 4. The Labute approximate surface area is 162 Å². The van der Waals surface area contributed by atoms with Gasteiger partial charge in [0.25, 0.3) is 5.69 Å². The molecule has 0 amide bonds. The Bertz CT molecular complexity index is 1140. The van der Waals surface area contributed by atoms with E-state index in [1.807, 2.05) is 29.8 Å². The lowest BCUT2D eigenvalue weighted by Gasteiger charge is -1.99. The van der Waals surface area contributed by atoms with Crippen molar-refractivity contribution in [1.82, 2.24) is 19.7 Å². The fourth-order valence-electron chi connectivity index (χ4n) is 2.56. The van der Waals surface area contributed by atoms with Crippen molar-refractivity contribution in [3.63, 3.8) is 0 Å². The molecule has 0 bridgehead atoms. The number of nitro benzene ring substituents is 1. The number of halogens is 1. The van der Waals surface area contributed by atoms with Crippen LogP contribution < -0.4 is 0 Å². The molecule has 2 heterocycles. The van der Waals surface area contributed by atoms with E-state index >= 15 is 0 Å². The van der Waals surface area contributed by atoms with Crippen molar-refractivity contribution in [2.24, 2.45) is 7.05 Å². The summed E-state index contributed by atoms with van der Waals surface area (Å²) in [4.78, 5) is 14.8. The quantitative estimate of drug-likeness (QED) is 0.276. The summed E-state index contributed by atoms with van der Waals surface area (Å²) in [6.07, 6.45) is 0. The summed E-state index contributed by atoms with van der Waals surface area (Å²) in [5.41, 5.74) is 2.45. The van der Waals surface area contributed by atoms with Crippen LogP contribution in [0.2, 0.25) is 5.02 Å². The number of thioether (sulfide) groups is 1. The number of non-ortho nitro benzene ring substituents is 1. The molecule has 136 valence electrons. The van der Waals surface area contributed by atoms with E-state index in [1.165, 1.54) is 23.9 Å². The zero-order valence-corrected chi connectivity index (χ0v) is 15.6. The topological polar surface area (TPSA) is 99.9 Å². The molecule has 2 aromatic heterocycles. The highest BCUT2D eigenvalue weighted by atomic mass is 35.5. The van der Waals surface area contributed by atoms with Gasteiger partial charge >= 0.3 is 0 Å². The van der Waals surface area contributed by atoms with Gasteiger partial charge in [-0.15, -0.1) is 10.2 Å². The summed E-state index contributed by atoms with van der Waals surface area (Å²) >= 11 is 7.48. The first-order chi connectivity index (χ1) is 13.0. The highest BCUT2D eigenvalue weighted by Crippen LogP contribution is 2.28. The van der Waals surface area contributed by atoms with Gasteiger partial charge in [0.15, 0.2) is 5.16 Å². The van der Waals surface area contributed by atoms with E-state index in [0.29, 0.717) is 28.1 Å². The van der Waals surface area contributed by atoms with Crippen LogP contribution in [0.1, 0.15) is 5.89 Å². The minimum absolute atomic E-state index is 0.0102. The Morgan fingerprint density at radius 1 is 1.22 bits per heavy atom. The smallest absolute Gasteiger partial charge is 0.269 e. The molecular formula is C17H12ClN5O3S. The minimum Gasteiger partial charge on any atom is -0.420 e. The molecule has 0 N–H and O–H groups in total. The molecule has 8 nitrogen and oxygen atoms in total. The maximum atomic E-state index is 10.7. The van der Waals surface area contributed by atoms with Gasteiger partial charge in [-0.25, -0.2) is 4.98 Å². The lowest BCUT2D eigenvalue weighted by molar-refractivity contribution is -0.384. The molecule has 0 saturated carbocycles. The molecule has 0 aliphatic heterocycles. The Balaban J connectivity index is 1.50. The first-order valence-electron chi connectivity index (χ1n) is 7.83. The normalized spacial score (nSPS) is 11.2. The van der Waals surface area contributed by atoms with Crippen LogP contribution in [0.4, 0.5) is 5.69 Å². The summed E-state index contributed by atoms with van der Waals surface area (Å²) in [5.74, 6) is 1.21. The first kappa shape index (κ1) is 17.5. The van der Waals surface area contributed by atoms with E-state index in [9.17, 15) is 10.1 Å². The molecule has 0 unspecified atom stereocenters. The Morgan fingerprint density at radius 3 is 2.74 bits per heavy atom. The molecular weight excluding hydrogens is 390 g/mol. The number of imidazole rings is 1. The molecule has 0 radical (unpaired) electrons. The van der Waals surface area contributed by atoms with Crippen molar-refractivity contribution >= 4 is 40.1 Å². The third kappa shape index (κ3) is 3.51. The molecule has 27 heavy (non-hydrogen) atoms. The van der Waals surface area contributed by atoms with Gasteiger partial charge in [-0.05, 0) is 30.3 Å². The summed E-state index contributed by atoms with van der Waals surface area (Å²) in [6, 6.07) is 11.5. The average molecular weight is 402 g/mol. The summed E-state index contributed by atoms with van der Waals surface area (Å²) in [5, 5.41) is 20.2. The van der Waals surface area contributed by atoms with Crippen molar-refractivity contribution in [3.8, 4) is 11.5 Å². The van der Waals surface area contributed by atoms with Crippen LogP contribution in [0.25, 0.3) is 22.5 Å². The summed E-state index contributed by atoms with van der Waals surface area (Å²) in [7, 11) is 1.93.